The molecule has 5 nitrogen and oxygen atoms in total. The van der Waals surface area contributed by atoms with E-state index in [-0.39, 0.29) is 6.07 Å². The number of alkyl halides is 5. The van der Waals surface area contributed by atoms with Crippen LogP contribution in [0.2, 0.25) is 0 Å². The SMILES string of the molecule is O=C(O)c1cc(OC(F)(F)F)c(C(F)F)[nH]c1=O. The minimum Gasteiger partial charge on any atom is -0.477 e. The standard InChI is InChI=1S/C8H4F5NO4/c9-5(10)4-3(18-8(11,12)13)1-2(7(16)17)6(15)14-4/h1,5H,(H,14,15)(H,16,17). The molecule has 10 heteroatoms. The first-order valence-electron chi connectivity index (χ1n) is 4.16. The van der Waals surface area contributed by atoms with E-state index in [0.717, 1.165) is 0 Å². The molecule has 0 aromatic carbocycles. The topological polar surface area (TPSA) is 79.4 Å². The van der Waals surface area contributed by atoms with Gasteiger partial charge in [0.15, 0.2) is 5.75 Å². The predicted octanol–water partition coefficient (Wildman–Crippen LogP) is 1.91. The Morgan fingerprint density at radius 3 is 2.33 bits per heavy atom. The molecule has 0 spiro atoms. The first-order valence-corrected chi connectivity index (χ1v) is 4.16. The summed E-state index contributed by atoms with van der Waals surface area (Å²) in [6.07, 6.45) is -8.75. The number of pyridine rings is 1. The van der Waals surface area contributed by atoms with Crippen LogP contribution in [0.4, 0.5) is 22.0 Å². The predicted molar refractivity (Wildman–Crippen MR) is 45.7 cm³/mol. The Bertz CT molecular complexity index is 521. The summed E-state index contributed by atoms with van der Waals surface area (Å²) in [6, 6.07) is 0.0934. The lowest BCUT2D eigenvalue weighted by Crippen LogP contribution is -2.24. The Kier molecular flexibility index (Phi) is 3.58. The third kappa shape index (κ3) is 3.18. The number of carbonyl (C=O) groups is 1. The molecule has 0 bridgehead atoms. The van der Waals surface area contributed by atoms with Gasteiger partial charge in [0.1, 0.15) is 11.3 Å². The minimum atomic E-state index is -5.29. The van der Waals surface area contributed by atoms with E-state index in [0.29, 0.717) is 0 Å². The lowest BCUT2D eigenvalue weighted by molar-refractivity contribution is -0.275. The number of ether oxygens (including phenoxy) is 1. The summed E-state index contributed by atoms with van der Waals surface area (Å²) in [5.74, 6) is -3.33. The molecule has 0 amide bonds. The fourth-order valence-corrected chi connectivity index (χ4v) is 1.06. The van der Waals surface area contributed by atoms with Crippen molar-refractivity contribution in [3.05, 3.63) is 27.7 Å². The zero-order valence-corrected chi connectivity index (χ0v) is 8.22. The monoisotopic (exact) mass is 273 g/mol. The number of nitrogens with one attached hydrogen (secondary N) is 1. The van der Waals surface area contributed by atoms with Gasteiger partial charge in [-0.2, -0.15) is 0 Å². The van der Waals surface area contributed by atoms with Crippen molar-refractivity contribution in [1.29, 1.82) is 0 Å². The molecule has 0 aliphatic carbocycles. The van der Waals surface area contributed by atoms with E-state index in [1.807, 2.05) is 0 Å². The number of carboxylic acids is 1. The van der Waals surface area contributed by atoms with Crippen LogP contribution in [0.1, 0.15) is 22.5 Å². The molecule has 0 fully saturated rings. The highest BCUT2D eigenvalue weighted by molar-refractivity contribution is 5.87. The molecule has 0 saturated heterocycles. The Morgan fingerprint density at radius 2 is 1.94 bits per heavy atom. The van der Waals surface area contributed by atoms with Crippen LogP contribution in [0.15, 0.2) is 10.9 Å². The number of aromatic amines is 1. The first kappa shape index (κ1) is 13.9. The van der Waals surface area contributed by atoms with E-state index in [9.17, 15) is 31.5 Å². The first-order chi connectivity index (χ1) is 8.11. The number of aromatic carboxylic acids is 1. The second kappa shape index (κ2) is 4.63. The van der Waals surface area contributed by atoms with Crippen molar-refractivity contribution in [2.24, 2.45) is 0 Å². The number of rotatable bonds is 3. The Hall–Kier alpha value is -2.13. The average molecular weight is 273 g/mol. The molecule has 18 heavy (non-hydrogen) atoms. The number of hydrogen-bond acceptors (Lipinski definition) is 3. The normalized spacial score (nSPS) is 11.7. The van der Waals surface area contributed by atoms with Crippen molar-refractivity contribution < 1.29 is 36.6 Å². The van der Waals surface area contributed by atoms with Crippen LogP contribution in [-0.4, -0.2) is 22.4 Å². The third-order valence-electron chi connectivity index (χ3n) is 1.71. The molecule has 0 radical (unpaired) electrons. The van der Waals surface area contributed by atoms with Crippen molar-refractivity contribution in [3.63, 3.8) is 0 Å². The van der Waals surface area contributed by atoms with Gasteiger partial charge in [0, 0.05) is 6.07 Å². The number of aromatic nitrogens is 1. The van der Waals surface area contributed by atoms with Gasteiger partial charge >= 0.3 is 12.3 Å². The fourth-order valence-electron chi connectivity index (χ4n) is 1.06. The summed E-state index contributed by atoms with van der Waals surface area (Å²) in [5.41, 5.74) is -4.03. The van der Waals surface area contributed by atoms with Gasteiger partial charge in [0.05, 0.1) is 0 Å². The van der Waals surface area contributed by atoms with Crippen LogP contribution >= 0.6 is 0 Å². The van der Waals surface area contributed by atoms with Crippen LogP contribution in [-0.2, 0) is 0 Å². The number of H-pyrrole nitrogens is 1. The van der Waals surface area contributed by atoms with Crippen molar-refractivity contribution >= 4 is 5.97 Å². The molecule has 100 valence electrons. The largest absolute Gasteiger partial charge is 0.573 e. The van der Waals surface area contributed by atoms with Gasteiger partial charge in [-0.15, -0.1) is 13.2 Å². The molecule has 0 unspecified atom stereocenters. The zero-order chi connectivity index (χ0) is 14.1. The number of halogens is 5. The van der Waals surface area contributed by atoms with Gasteiger partial charge in [-0.05, 0) is 0 Å². The van der Waals surface area contributed by atoms with Crippen molar-refractivity contribution in [3.8, 4) is 5.75 Å². The second-order valence-electron chi connectivity index (χ2n) is 2.94. The molecule has 1 heterocycles. The van der Waals surface area contributed by atoms with Gasteiger partial charge in [0.25, 0.3) is 12.0 Å². The smallest absolute Gasteiger partial charge is 0.477 e. The molecular weight excluding hydrogens is 269 g/mol. The summed E-state index contributed by atoms with van der Waals surface area (Å²) in [4.78, 5) is 22.8. The van der Waals surface area contributed by atoms with Gasteiger partial charge in [-0.25, -0.2) is 13.6 Å². The third-order valence-corrected chi connectivity index (χ3v) is 1.71. The van der Waals surface area contributed by atoms with E-state index in [4.69, 9.17) is 5.11 Å². The Morgan fingerprint density at radius 1 is 1.39 bits per heavy atom. The lowest BCUT2D eigenvalue weighted by Gasteiger charge is -2.12. The fraction of sp³-hybridized carbons (Fsp3) is 0.250. The van der Waals surface area contributed by atoms with Gasteiger partial charge in [-0.1, -0.05) is 0 Å². The summed E-state index contributed by atoms with van der Waals surface area (Å²) < 4.78 is 63.7. The van der Waals surface area contributed by atoms with Gasteiger partial charge in [0.2, 0.25) is 0 Å². The molecule has 2 N–H and O–H groups in total. The van der Waals surface area contributed by atoms with Crippen molar-refractivity contribution in [2.75, 3.05) is 0 Å². The number of hydrogen-bond donors (Lipinski definition) is 2. The van der Waals surface area contributed by atoms with Crippen molar-refractivity contribution in [1.82, 2.24) is 4.98 Å². The molecule has 1 rings (SSSR count). The minimum absolute atomic E-state index is 0.0934. The molecular formula is C8H4F5NO4. The highest BCUT2D eigenvalue weighted by atomic mass is 19.4. The highest BCUT2D eigenvalue weighted by Gasteiger charge is 2.34. The van der Waals surface area contributed by atoms with E-state index in [1.54, 1.807) is 0 Å². The van der Waals surface area contributed by atoms with Crippen LogP contribution in [0.25, 0.3) is 0 Å². The van der Waals surface area contributed by atoms with Gasteiger partial charge < -0.3 is 14.8 Å². The van der Waals surface area contributed by atoms with E-state index >= 15 is 0 Å². The molecule has 0 atom stereocenters. The van der Waals surface area contributed by atoms with Gasteiger partial charge in [-0.3, -0.25) is 4.79 Å². The highest BCUT2D eigenvalue weighted by Crippen LogP contribution is 2.30. The van der Waals surface area contributed by atoms with E-state index in [1.165, 1.54) is 4.98 Å². The number of carboxylic acid groups (broad SMARTS) is 1. The molecule has 1 aromatic rings. The van der Waals surface area contributed by atoms with Crippen LogP contribution in [0.3, 0.4) is 0 Å². The maximum absolute atomic E-state index is 12.4. The van der Waals surface area contributed by atoms with E-state index in [2.05, 4.69) is 4.74 Å². The molecule has 0 aliphatic rings. The summed E-state index contributed by atoms with van der Waals surface area (Å²) in [5, 5.41) is 8.47. The summed E-state index contributed by atoms with van der Waals surface area (Å²) in [6.45, 7) is 0. The van der Waals surface area contributed by atoms with E-state index < -0.39 is 41.3 Å². The summed E-state index contributed by atoms with van der Waals surface area (Å²) >= 11 is 0. The quantitative estimate of drug-likeness (QED) is 0.824. The maximum atomic E-state index is 12.4. The second-order valence-corrected chi connectivity index (χ2v) is 2.94. The Labute approximate surface area is 94.8 Å². The average Bonchev–Trinajstić information content (AvgIpc) is 2.17. The molecule has 0 saturated carbocycles. The zero-order valence-electron chi connectivity index (χ0n) is 8.22. The lowest BCUT2D eigenvalue weighted by atomic mass is 10.2. The van der Waals surface area contributed by atoms with Crippen LogP contribution in [0, 0.1) is 0 Å². The Balaban J connectivity index is 3.40. The van der Waals surface area contributed by atoms with Crippen LogP contribution in [0.5, 0.6) is 5.75 Å². The summed E-state index contributed by atoms with van der Waals surface area (Å²) in [7, 11) is 0. The molecule has 0 aliphatic heterocycles. The maximum Gasteiger partial charge on any atom is 0.573 e. The molecule has 1 aromatic heterocycles. The van der Waals surface area contributed by atoms with Crippen molar-refractivity contribution in [2.45, 2.75) is 12.8 Å². The van der Waals surface area contributed by atoms with Crippen LogP contribution < -0.4 is 10.3 Å².